The summed E-state index contributed by atoms with van der Waals surface area (Å²) >= 11 is 0. The lowest BCUT2D eigenvalue weighted by Gasteiger charge is -2.22. The number of carbonyl (C=O) groups is 1. The number of nitrogens with two attached hydrogens (primary N) is 1. The molecule has 0 radical (unpaired) electrons. The number of nitrogens with zero attached hydrogens (tertiary/aromatic N) is 1. The summed E-state index contributed by atoms with van der Waals surface area (Å²) in [5.74, 6) is 0.204. The van der Waals surface area contributed by atoms with Crippen LogP contribution in [0.15, 0.2) is 29.3 Å². The number of benzene rings is 1. The van der Waals surface area contributed by atoms with Crippen molar-refractivity contribution >= 4 is 17.6 Å². The van der Waals surface area contributed by atoms with Crippen molar-refractivity contribution in [3.8, 4) is 0 Å². The van der Waals surface area contributed by atoms with E-state index in [0.717, 1.165) is 24.1 Å². The minimum atomic E-state index is -0.0594. The minimum absolute atomic E-state index is 0.0594. The van der Waals surface area contributed by atoms with Crippen LogP contribution in [0.25, 0.3) is 0 Å². The lowest BCUT2D eigenvalue weighted by Crippen LogP contribution is -2.38. The van der Waals surface area contributed by atoms with Gasteiger partial charge in [-0.05, 0) is 37.5 Å². The van der Waals surface area contributed by atoms with Crippen molar-refractivity contribution in [1.82, 2.24) is 5.32 Å². The standard InChI is InChI=1S/C16H24N4O/c1-12-6-5-9-14(10-12)20-16(17)18-11-15(21)19-13-7-3-2-4-8-13/h5-6,9-10,13H,2-4,7-8,11H2,1H3,(H,19,21)(H3,17,18,20). The van der Waals surface area contributed by atoms with E-state index >= 15 is 0 Å². The van der Waals surface area contributed by atoms with Crippen LogP contribution in [0.4, 0.5) is 5.69 Å². The highest BCUT2D eigenvalue weighted by Gasteiger charge is 2.15. The Labute approximate surface area is 126 Å². The largest absolute Gasteiger partial charge is 0.370 e. The Morgan fingerprint density at radius 2 is 2.10 bits per heavy atom. The van der Waals surface area contributed by atoms with E-state index in [1.54, 1.807) is 0 Å². The summed E-state index contributed by atoms with van der Waals surface area (Å²) in [6.45, 7) is 2.08. The number of nitrogens with one attached hydrogen (secondary N) is 2. The van der Waals surface area contributed by atoms with Crippen LogP contribution in [-0.2, 0) is 4.79 Å². The van der Waals surface area contributed by atoms with Crippen molar-refractivity contribution in [2.75, 3.05) is 11.9 Å². The van der Waals surface area contributed by atoms with Crippen LogP contribution in [0, 0.1) is 6.92 Å². The summed E-state index contributed by atoms with van der Waals surface area (Å²) in [6.07, 6.45) is 5.83. The molecule has 0 aliphatic heterocycles. The first-order valence-electron chi connectivity index (χ1n) is 7.56. The van der Waals surface area contributed by atoms with Crippen molar-refractivity contribution < 1.29 is 4.79 Å². The Morgan fingerprint density at radius 1 is 1.33 bits per heavy atom. The molecule has 0 heterocycles. The third-order valence-corrected chi connectivity index (χ3v) is 3.65. The fourth-order valence-electron chi connectivity index (χ4n) is 2.59. The van der Waals surface area contributed by atoms with Crippen molar-refractivity contribution in [2.24, 2.45) is 10.7 Å². The van der Waals surface area contributed by atoms with Gasteiger partial charge in [0.15, 0.2) is 5.96 Å². The van der Waals surface area contributed by atoms with Crippen LogP contribution in [0.3, 0.4) is 0 Å². The molecule has 1 aliphatic carbocycles. The van der Waals surface area contributed by atoms with Gasteiger partial charge < -0.3 is 16.4 Å². The van der Waals surface area contributed by atoms with Gasteiger partial charge in [-0.15, -0.1) is 0 Å². The molecule has 5 nitrogen and oxygen atoms in total. The topological polar surface area (TPSA) is 79.5 Å². The van der Waals surface area contributed by atoms with Crippen molar-refractivity contribution in [1.29, 1.82) is 0 Å². The molecule has 2 rings (SSSR count). The van der Waals surface area contributed by atoms with Gasteiger partial charge >= 0.3 is 0 Å². The van der Waals surface area contributed by atoms with E-state index in [9.17, 15) is 4.79 Å². The van der Waals surface area contributed by atoms with Gasteiger partial charge in [0, 0.05) is 11.7 Å². The van der Waals surface area contributed by atoms with E-state index in [-0.39, 0.29) is 18.4 Å². The third-order valence-electron chi connectivity index (χ3n) is 3.65. The minimum Gasteiger partial charge on any atom is -0.370 e. The molecule has 21 heavy (non-hydrogen) atoms. The summed E-state index contributed by atoms with van der Waals surface area (Å²) in [4.78, 5) is 15.9. The summed E-state index contributed by atoms with van der Waals surface area (Å²) < 4.78 is 0. The van der Waals surface area contributed by atoms with E-state index < -0.39 is 0 Å². The number of amides is 1. The maximum absolute atomic E-state index is 11.8. The summed E-state index contributed by atoms with van der Waals surface area (Å²) in [5.41, 5.74) is 7.82. The average Bonchev–Trinajstić information content (AvgIpc) is 2.46. The highest BCUT2D eigenvalue weighted by atomic mass is 16.1. The molecule has 0 atom stereocenters. The second kappa shape index (κ2) is 7.67. The van der Waals surface area contributed by atoms with Gasteiger partial charge in [0.05, 0.1) is 0 Å². The van der Waals surface area contributed by atoms with Gasteiger partial charge in [-0.2, -0.15) is 0 Å². The van der Waals surface area contributed by atoms with Crippen molar-refractivity contribution in [3.05, 3.63) is 29.8 Å². The Kier molecular flexibility index (Phi) is 5.60. The number of guanidine groups is 1. The van der Waals surface area contributed by atoms with Crippen molar-refractivity contribution in [2.45, 2.75) is 45.1 Å². The molecule has 0 bridgehead atoms. The predicted molar refractivity (Wildman–Crippen MR) is 86.3 cm³/mol. The molecule has 1 aromatic carbocycles. The van der Waals surface area contributed by atoms with Crippen LogP contribution in [0.5, 0.6) is 0 Å². The van der Waals surface area contributed by atoms with Gasteiger partial charge in [-0.1, -0.05) is 31.4 Å². The van der Waals surface area contributed by atoms with E-state index in [0.29, 0.717) is 6.04 Å². The molecule has 0 spiro atoms. The molecule has 1 saturated carbocycles. The monoisotopic (exact) mass is 288 g/mol. The van der Waals surface area contributed by atoms with Gasteiger partial charge in [0.25, 0.3) is 0 Å². The van der Waals surface area contributed by atoms with Crippen LogP contribution in [-0.4, -0.2) is 24.5 Å². The molecule has 1 fully saturated rings. The Hall–Kier alpha value is -2.04. The molecule has 5 heteroatoms. The van der Waals surface area contributed by atoms with Gasteiger partial charge in [0.2, 0.25) is 5.91 Å². The Bertz CT molecular complexity index is 507. The number of aliphatic imine (C=N–C) groups is 1. The zero-order chi connectivity index (χ0) is 15.1. The smallest absolute Gasteiger partial charge is 0.242 e. The van der Waals surface area contributed by atoms with E-state index in [1.807, 2.05) is 31.2 Å². The summed E-state index contributed by atoms with van der Waals surface area (Å²) in [6, 6.07) is 8.16. The maximum Gasteiger partial charge on any atom is 0.242 e. The van der Waals surface area contributed by atoms with Crippen LogP contribution < -0.4 is 16.4 Å². The van der Waals surface area contributed by atoms with E-state index in [4.69, 9.17) is 5.73 Å². The van der Waals surface area contributed by atoms with Gasteiger partial charge in [-0.25, -0.2) is 4.99 Å². The van der Waals surface area contributed by atoms with E-state index in [1.165, 1.54) is 19.3 Å². The maximum atomic E-state index is 11.8. The zero-order valence-electron chi connectivity index (χ0n) is 12.6. The molecule has 4 N–H and O–H groups in total. The van der Waals surface area contributed by atoms with Crippen LogP contribution >= 0.6 is 0 Å². The summed E-state index contributed by atoms with van der Waals surface area (Å²) in [5, 5.41) is 6.01. The number of anilines is 1. The average molecular weight is 288 g/mol. The molecule has 1 amide bonds. The first-order chi connectivity index (χ1) is 10.1. The fraction of sp³-hybridized carbons (Fsp3) is 0.500. The highest BCUT2D eigenvalue weighted by Crippen LogP contribution is 2.17. The second-order valence-corrected chi connectivity index (χ2v) is 5.60. The number of hydrogen-bond acceptors (Lipinski definition) is 2. The SMILES string of the molecule is Cc1cccc(NC(N)=NCC(=O)NC2CCCCC2)c1. The summed E-state index contributed by atoms with van der Waals surface area (Å²) in [7, 11) is 0. The second-order valence-electron chi connectivity index (χ2n) is 5.60. The molecule has 0 unspecified atom stereocenters. The number of aryl methyl sites for hydroxylation is 1. The lowest BCUT2D eigenvalue weighted by molar-refractivity contribution is -0.120. The molecular formula is C16H24N4O. The third kappa shape index (κ3) is 5.45. The molecule has 0 aromatic heterocycles. The fourth-order valence-corrected chi connectivity index (χ4v) is 2.59. The van der Waals surface area contributed by atoms with Gasteiger partial charge in [0.1, 0.15) is 6.54 Å². The molecule has 0 saturated heterocycles. The van der Waals surface area contributed by atoms with Crippen molar-refractivity contribution in [3.63, 3.8) is 0 Å². The van der Waals surface area contributed by atoms with Crippen LogP contribution in [0.2, 0.25) is 0 Å². The Balaban J connectivity index is 1.78. The number of rotatable bonds is 4. The number of hydrogen-bond donors (Lipinski definition) is 3. The zero-order valence-corrected chi connectivity index (χ0v) is 12.6. The predicted octanol–water partition coefficient (Wildman–Crippen LogP) is 2.17. The molecule has 1 aromatic rings. The first-order valence-corrected chi connectivity index (χ1v) is 7.56. The van der Waals surface area contributed by atoms with Crippen LogP contribution in [0.1, 0.15) is 37.7 Å². The normalized spacial score (nSPS) is 16.5. The highest BCUT2D eigenvalue weighted by molar-refractivity contribution is 5.93. The number of carbonyl (C=O) groups excluding carboxylic acids is 1. The molecule has 114 valence electrons. The molecular weight excluding hydrogens is 264 g/mol. The lowest BCUT2D eigenvalue weighted by atomic mass is 9.95. The first kappa shape index (κ1) is 15.4. The van der Waals surface area contributed by atoms with Gasteiger partial charge in [-0.3, -0.25) is 4.79 Å². The Morgan fingerprint density at radius 3 is 2.81 bits per heavy atom. The van der Waals surface area contributed by atoms with E-state index in [2.05, 4.69) is 15.6 Å². The molecule has 1 aliphatic rings. The quantitative estimate of drug-likeness (QED) is 0.587.